The second kappa shape index (κ2) is 8.20. The standard InChI is InChI=1S/C24H20FN3O3S/c25-18-8-4-2-6-16(18)13-28-23(30)22-20(11-12-32-22)27(24(28)31)14-21(29)26-19-10-9-15-5-1-3-7-17(15)19/h1-8,11-12,19H,9-10,13-14H2,(H,26,29)/t19-/m1/s1. The molecule has 1 amide bonds. The van der Waals surface area contributed by atoms with Gasteiger partial charge < -0.3 is 5.32 Å². The highest BCUT2D eigenvalue weighted by molar-refractivity contribution is 7.17. The number of benzene rings is 2. The number of aryl methyl sites for hydroxylation is 1. The molecule has 0 spiro atoms. The Bertz CT molecular complexity index is 1450. The third-order valence-corrected chi connectivity index (χ3v) is 6.78. The number of fused-ring (bicyclic) bond motifs is 2. The number of carbonyl (C=O) groups is 1. The maximum absolute atomic E-state index is 14.2. The molecule has 0 radical (unpaired) electrons. The van der Waals surface area contributed by atoms with E-state index in [1.165, 1.54) is 33.6 Å². The maximum Gasteiger partial charge on any atom is 0.332 e. The van der Waals surface area contributed by atoms with E-state index in [1.807, 2.05) is 18.2 Å². The maximum atomic E-state index is 14.2. The molecule has 0 unspecified atom stereocenters. The summed E-state index contributed by atoms with van der Waals surface area (Å²) >= 11 is 1.20. The van der Waals surface area contributed by atoms with Crippen molar-refractivity contribution in [3.05, 3.63) is 103 Å². The van der Waals surface area contributed by atoms with Gasteiger partial charge in [-0.05, 0) is 41.5 Å². The van der Waals surface area contributed by atoms with Crippen LogP contribution in [-0.2, 0) is 24.3 Å². The molecule has 32 heavy (non-hydrogen) atoms. The smallest absolute Gasteiger partial charge is 0.332 e. The van der Waals surface area contributed by atoms with E-state index in [0.717, 1.165) is 23.0 Å². The van der Waals surface area contributed by atoms with Crippen LogP contribution >= 0.6 is 11.3 Å². The minimum absolute atomic E-state index is 0.100. The van der Waals surface area contributed by atoms with Crippen LogP contribution in [0.15, 0.2) is 69.6 Å². The third kappa shape index (κ3) is 3.56. The number of hydrogen-bond donors (Lipinski definition) is 1. The second-order valence-electron chi connectivity index (χ2n) is 7.84. The molecule has 5 rings (SSSR count). The molecule has 4 aromatic rings. The van der Waals surface area contributed by atoms with Gasteiger partial charge in [-0.15, -0.1) is 11.3 Å². The minimum Gasteiger partial charge on any atom is -0.348 e. The second-order valence-corrected chi connectivity index (χ2v) is 8.76. The number of carbonyl (C=O) groups excluding carboxylic acids is 1. The number of rotatable bonds is 5. The lowest BCUT2D eigenvalue weighted by Crippen LogP contribution is -2.42. The predicted octanol–water partition coefficient (Wildman–Crippen LogP) is 3.22. The van der Waals surface area contributed by atoms with Crippen LogP contribution in [-0.4, -0.2) is 15.0 Å². The first-order valence-corrected chi connectivity index (χ1v) is 11.2. The molecule has 1 aliphatic rings. The number of amides is 1. The quantitative estimate of drug-likeness (QED) is 0.509. The van der Waals surface area contributed by atoms with Gasteiger partial charge in [0.1, 0.15) is 17.1 Å². The Morgan fingerprint density at radius 3 is 2.69 bits per heavy atom. The molecule has 0 saturated heterocycles. The number of hydrogen-bond acceptors (Lipinski definition) is 4. The van der Waals surface area contributed by atoms with Gasteiger partial charge in [-0.2, -0.15) is 0 Å². The Morgan fingerprint density at radius 1 is 1.06 bits per heavy atom. The molecule has 2 heterocycles. The molecule has 1 aliphatic carbocycles. The molecular weight excluding hydrogens is 429 g/mol. The highest BCUT2D eigenvalue weighted by Crippen LogP contribution is 2.30. The molecule has 6 nitrogen and oxygen atoms in total. The van der Waals surface area contributed by atoms with Crippen LogP contribution in [0.5, 0.6) is 0 Å². The lowest BCUT2D eigenvalue weighted by atomic mass is 10.1. The van der Waals surface area contributed by atoms with Crippen LogP contribution in [0.3, 0.4) is 0 Å². The van der Waals surface area contributed by atoms with Crippen molar-refractivity contribution in [2.75, 3.05) is 0 Å². The Kier molecular flexibility index (Phi) is 5.22. The fourth-order valence-electron chi connectivity index (χ4n) is 4.31. The molecule has 0 saturated carbocycles. The van der Waals surface area contributed by atoms with Crippen LogP contribution in [0.4, 0.5) is 4.39 Å². The highest BCUT2D eigenvalue weighted by atomic mass is 32.1. The molecule has 0 bridgehead atoms. The lowest BCUT2D eigenvalue weighted by Gasteiger charge is -2.16. The van der Waals surface area contributed by atoms with Crippen molar-refractivity contribution >= 4 is 27.5 Å². The van der Waals surface area contributed by atoms with Crippen LogP contribution in [0.2, 0.25) is 0 Å². The Balaban J connectivity index is 1.48. The van der Waals surface area contributed by atoms with E-state index in [4.69, 9.17) is 0 Å². The largest absolute Gasteiger partial charge is 0.348 e. The van der Waals surface area contributed by atoms with E-state index in [0.29, 0.717) is 10.2 Å². The fourth-order valence-corrected chi connectivity index (χ4v) is 5.16. The number of thiophene rings is 1. The summed E-state index contributed by atoms with van der Waals surface area (Å²) in [6.45, 7) is -0.419. The molecule has 8 heteroatoms. The van der Waals surface area contributed by atoms with Gasteiger partial charge in [0.25, 0.3) is 5.56 Å². The number of aromatic nitrogens is 2. The molecule has 0 fully saturated rings. The van der Waals surface area contributed by atoms with Crippen molar-refractivity contribution in [3.8, 4) is 0 Å². The van der Waals surface area contributed by atoms with Crippen molar-refractivity contribution in [2.24, 2.45) is 0 Å². The molecule has 1 N–H and O–H groups in total. The molecule has 2 aromatic carbocycles. The molecule has 0 aliphatic heterocycles. The summed E-state index contributed by atoms with van der Waals surface area (Å²) in [5.74, 6) is -0.799. The Morgan fingerprint density at radius 2 is 1.84 bits per heavy atom. The van der Waals surface area contributed by atoms with Gasteiger partial charge in [0, 0.05) is 5.56 Å². The zero-order chi connectivity index (χ0) is 22.2. The third-order valence-electron chi connectivity index (χ3n) is 5.89. The first-order valence-electron chi connectivity index (χ1n) is 10.3. The summed E-state index contributed by atoms with van der Waals surface area (Å²) in [6.07, 6.45) is 1.70. The van der Waals surface area contributed by atoms with Gasteiger partial charge in [0.05, 0.1) is 18.1 Å². The first-order chi connectivity index (χ1) is 15.5. The van der Waals surface area contributed by atoms with E-state index in [9.17, 15) is 18.8 Å². The van der Waals surface area contributed by atoms with Gasteiger partial charge >= 0.3 is 5.69 Å². The van der Waals surface area contributed by atoms with Gasteiger partial charge in [0.15, 0.2) is 0 Å². The summed E-state index contributed by atoms with van der Waals surface area (Å²) < 4.78 is 16.8. The normalized spacial score (nSPS) is 15.1. The lowest BCUT2D eigenvalue weighted by molar-refractivity contribution is -0.122. The summed E-state index contributed by atoms with van der Waals surface area (Å²) in [5, 5.41) is 4.73. The number of nitrogens with one attached hydrogen (secondary N) is 1. The zero-order valence-electron chi connectivity index (χ0n) is 17.1. The molecule has 162 valence electrons. The fraction of sp³-hybridized carbons (Fsp3) is 0.208. The average molecular weight is 450 g/mol. The van der Waals surface area contributed by atoms with E-state index >= 15 is 0 Å². The van der Waals surface area contributed by atoms with Gasteiger partial charge in [-0.3, -0.25) is 18.7 Å². The SMILES string of the molecule is O=C(Cn1c(=O)n(Cc2ccccc2F)c(=O)c2sccc21)N[C@@H]1CCc2ccccc21. The van der Waals surface area contributed by atoms with Crippen LogP contribution in [0.25, 0.3) is 10.2 Å². The average Bonchev–Trinajstić information content (AvgIpc) is 3.43. The summed E-state index contributed by atoms with van der Waals surface area (Å²) in [5.41, 5.74) is 1.85. The van der Waals surface area contributed by atoms with Crippen LogP contribution < -0.4 is 16.6 Å². The van der Waals surface area contributed by atoms with Gasteiger partial charge in [-0.1, -0.05) is 42.5 Å². The van der Waals surface area contributed by atoms with Crippen molar-refractivity contribution in [1.82, 2.24) is 14.5 Å². The number of nitrogens with zero attached hydrogens (tertiary/aromatic N) is 2. The summed E-state index contributed by atoms with van der Waals surface area (Å²) in [6, 6.07) is 15.6. The predicted molar refractivity (Wildman–Crippen MR) is 121 cm³/mol. The van der Waals surface area contributed by atoms with Crippen molar-refractivity contribution in [1.29, 1.82) is 0 Å². The first kappa shape index (κ1) is 20.4. The molecule has 1 atom stereocenters. The van der Waals surface area contributed by atoms with Crippen LogP contribution in [0.1, 0.15) is 29.2 Å². The van der Waals surface area contributed by atoms with Crippen molar-refractivity contribution in [3.63, 3.8) is 0 Å². The molecule has 2 aromatic heterocycles. The Hall–Kier alpha value is -3.52. The summed E-state index contributed by atoms with van der Waals surface area (Å²) in [7, 11) is 0. The summed E-state index contributed by atoms with van der Waals surface area (Å²) in [4.78, 5) is 39.0. The highest BCUT2D eigenvalue weighted by Gasteiger charge is 2.24. The van der Waals surface area contributed by atoms with Crippen molar-refractivity contribution in [2.45, 2.75) is 32.0 Å². The van der Waals surface area contributed by atoms with Gasteiger partial charge in [-0.25, -0.2) is 9.18 Å². The number of halogens is 1. The monoisotopic (exact) mass is 449 g/mol. The van der Waals surface area contributed by atoms with Crippen LogP contribution in [0, 0.1) is 5.82 Å². The topological polar surface area (TPSA) is 73.1 Å². The molecular formula is C24H20FN3O3S. The van der Waals surface area contributed by atoms with E-state index < -0.39 is 17.1 Å². The zero-order valence-corrected chi connectivity index (χ0v) is 17.9. The minimum atomic E-state index is -0.633. The van der Waals surface area contributed by atoms with Gasteiger partial charge in [0.2, 0.25) is 5.91 Å². The Labute approximate surface area is 186 Å². The van der Waals surface area contributed by atoms with E-state index in [2.05, 4.69) is 11.4 Å². The van der Waals surface area contributed by atoms with E-state index in [-0.39, 0.29) is 30.6 Å². The van der Waals surface area contributed by atoms with Crippen molar-refractivity contribution < 1.29 is 9.18 Å². The van der Waals surface area contributed by atoms with E-state index in [1.54, 1.807) is 23.6 Å².